The molecule has 0 saturated carbocycles. The summed E-state index contributed by atoms with van der Waals surface area (Å²) in [5.41, 5.74) is 17.1. The third-order valence-corrected chi connectivity index (χ3v) is 11.9. The van der Waals surface area contributed by atoms with Crippen LogP contribution in [0.15, 0.2) is 253 Å². The monoisotopic (exact) mass is 791 g/mol. The predicted octanol–water partition coefficient (Wildman–Crippen LogP) is 17.1. The Morgan fingerprint density at radius 3 is 1.34 bits per heavy atom. The first kappa shape index (κ1) is 36.8. The molecule has 62 heavy (non-hydrogen) atoms. The Balaban J connectivity index is 0.966. The Hall–Kier alpha value is -8.20. The molecule has 0 fully saturated rings. The molecule has 0 radical (unpaired) electrons. The lowest BCUT2D eigenvalue weighted by Gasteiger charge is -2.26. The highest BCUT2D eigenvalue weighted by atomic mass is 16.3. The van der Waals surface area contributed by atoms with Gasteiger partial charge in [0.15, 0.2) is 0 Å². The Labute approximate surface area is 362 Å². The zero-order chi connectivity index (χ0) is 41.2. The van der Waals surface area contributed by atoms with Gasteiger partial charge in [-0.15, -0.1) is 0 Å². The predicted molar refractivity (Wildman–Crippen MR) is 261 cm³/mol. The van der Waals surface area contributed by atoms with Crippen molar-refractivity contribution in [3.05, 3.63) is 249 Å². The maximum atomic E-state index is 6.23. The SMILES string of the molecule is c1ccc(-c2ccccc2-c2ccccc2-c2ccc(N(c3ccc(-c4cccc(-c5cc6ccccc6o5)c4)cc3)c3ccc(-c4cccc5ccccc45)cc3)cc2)cc1. The van der Waals surface area contributed by atoms with Crippen molar-refractivity contribution in [2.45, 2.75) is 0 Å². The molecule has 11 rings (SSSR count). The van der Waals surface area contributed by atoms with Crippen LogP contribution in [0.5, 0.6) is 0 Å². The first-order chi connectivity index (χ1) is 30.7. The second kappa shape index (κ2) is 16.1. The summed E-state index contributed by atoms with van der Waals surface area (Å²) in [5, 5.41) is 3.60. The van der Waals surface area contributed by atoms with Crippen molar-refractivity contribution < 1.29 is 4.42 Å². The summed E-state index contributed by atoms with van der Waals surface area (Å²) >= 11 is 0. The first-order valence-corrected chi connectivity index (χ1v) is 21.2. The largest absolute Gasteiger partial charge is 0.456 e. The van der Waals surface area contributed by atoms with Crippen molar-refractivity contribution in [3.8, 4) is 67.0 Å². The lowest BCUT2D eigenvalue weighted by Crippen LogP contribution is -2.09. The lowest BCUT2D eigenvalue weighted by atomic mass is 9.89. The van der Waals surface area contributed by atoms with Gasteiger partial charge in [0.25, 0.3) is 0 Å². The number of anilines is 3. The van der Waals surface area contributed by atoms with Crippen LogP contribution in [-0.4, -0.2) is 0 Å². The molecule has 0 amide bonds. The average Bonchev–Trinajstić information content (AvgIpc) is 3.80. The summed E-state index contributed by atoms with van der Waals surface area (Å²) in [5.74, 6) is 0.870. The van der Waals surface area contributed by atoms with Crippen LogP contribution < -0.4 is 4.90 Å². The molecule has 0 unspecified atom stereocenters. The van der Waals surface area contributed by atoms with Crippen LogP contribution in [0.4, 0.5) is 17.1 Å². The quantitative estimate of drug-likeness (QED) is 0.145. The molecule has 0 N–H and O–H groups in total. The minimum atomic E-state index is 0.870. The van der Waals surface area contributed by atoms with Crippen LogP contribution in [0.2, 0.25) is 0 Å². The van der Waals surface area contributed by atoms with Crippen molar-refractivity contribution in [1.29, 1.82) is 0 Å². The van der Waals surface area contributed by atoms with Crippen LogP contribution in [-0.2, 0) is 0 Å². The number of nitrogens with zero attached hydrogens (tertiary/aromatic N) is 1. The van der Waals surface area contributed by atoms with E-state index in [1.807, 2.05) is 18.2 Å². The maximum absolute atomic E-state index is 6.23. The summed E-state index contributed by atoms with van der Waals surface area (Å²) in [7, 11) is 0. The van der Waals surface area contributed by atoms with E-state index in [9.17, 15) is 0 Å². The maximum Gasteiger partial charge on any atom is 0.135 e. The highest BCUT2D eigenvalue weighted by Crippen LogP contribution is 2.42. The number of fused-ring (bicyclic) bond motifs is 2. The van der Waals surface area contributed by atoms with Crippen LogP contribution in [0.1, 0.15) is 0 Å². The number of para-hydroxylation sites is 1. The molecule has 292 valence electrons. The topological polar surface area (TPSA) is 16.4 Å². The van der Waals surface area contributed by atoms with E-state index < -0.39 is 0 Å². The molecule has 1 heterocycles. The number of rotatable bonds is 9. The summed E-state index contributed by atoms with van der Waals surface area (Å²) in [4.78, 5) is 2.35. The summed E-state index contributed by atoms with van der Waals surface area (Å²) in [6.45, 7) is 0. The van der Waals surface area contributed by atoms with E-state index in [1.54, 1.807) is 0 Å². The van der Waals surface area contributed by atoms with Crippen LogP contribution in [0, 0.1) is 0 Å². The van der Waals surface area contributed by atoms with Gasteiger partial charge in [0, 0.05) is 28.0 Å². The van der Waals surface area contributed by atoms with Crippen molar-refractivity contribution in [3.63, 3.8) is 0 Å². The van der Waals surface area contributed by atoms with Gasteiger partial charge < -0.3 is 9.32 Å². The summed E-state index contributed by atoms with van der Waals surface area (Å²) in [6, 6.07) is 89.0. The Morgan fingerprint density at radius 1 is 0.258 bits per heavy atom. The molecule has 0 bridgehead atoms. The fraction of sp³-hybridized carbons (Fsp3) is 0. The molecule has 0 aliphatic carbocycles. The normalized spacial score (nSPS) is 11.2. The van der Waals surface area contributed by atoms with E-state index in [4.69, 9.17) is 4.42 Å². The molecule has 0 saturated heterocycles. The number of hydrogen-bond donors (Lipinski definition) is 0. The third-order valence-electron chi connectivity index (χ3n) is 11.9. The molecule has 2 heteroatoms. The van der Waals surface area contributed by atoms with Crippen molar-refractivity contribution in [2.75, 3.05) is 4.90 Å². The van der Waals surface area contributed by atoms with E-state index in [2.05, 4.69) is 235 Å². The molecular formula is C60H41NO. The van der Waals surface area contributed by atoms with E-state index in [1.165, 1.54) is 49.7 Å². The van der Waals surface area contributed by atoms with Gasteiger partial charge in [-0.25, -0.2) is 0 Å². The van der Waals surface area contributed by atoms with Crippen LogP contribution in [0.25, 0.3) is 88.7 Å². The first-order valence-electron chi connectivity index (χ1n) is 21.2. The lowest BCUT2D eigenvalue weighted by molar-refractivity contribution is 0.631. The van der Waals surface area contributed by atoms with Gasteiger partial charge in [0.1, 0.15) is 11.3 Å². The van der Waals surface area contributed by atoms with Crippen LogP contribution in [0.3, 0.4) is 0 Å². The molecule has 1 aromatic heterocycles. The van der Waals surface area contributed by atoms with Gasteiger partial charge in [-0.1, -0.05) is 194 Å². The minimum absolute atomic E-state index is 0.870. The zero-order valence-electron chi connectivity index (χ0n) is 34.0. The molecule has 2 nitrogen and oxygen atoms in total. The molecule has 11 aromatic rings. The number of benzene rings is 10. The van der Waals surface area contributed by atoms with Crippen molar-refractivity contribution >= 4 is 38.8 Å². The Kier molecular flexibility index (Phi) is 9.57. The number of hydrogen-bond acceptors (Lipinski definition) is 2. The molecule has 0 atom stereocenters. The molecule has 0 aliphatic rings. The molecule has 0 spiro atoms. The smallest absolute Gasteiger partial charge is 0.135 e. The zero-order valence-corrected chi connectivity index (χ0v) is 34.0. The van der Waals surface area contributed by atoms with E-state index in [0.717, 1.165) is 56.0 Å². The standard InChI is InChI=1S/C60H41NO/c1-2-14-43(15-3-1)55-22-7-9-24-57(55)58-25-10-8-23-56(58)46-32-38-52(39-33-46)61(51-36-30-45(31-37-51)54-26-13-18-44-16-4-6-21-53(44)54)50-34-28-42(29-35-50)47-19-12-20-48(40-47)60-41-49-17-5-11-27-59(49)62-60/h1-41H. The van der Waals surface area contributed by atoms with E-state index in [-0.39, 0.29) is 0 Å². The number of furan rings is 1. The highest BCUT2D eigenvalue weighted by molar-refractivity contribution is 5.97. The van der Waals surface area contributed by atoms with Crippen molar-refractivity contribution in [2.24, 2.45) is 0 Å². The Morgan fingerprint density at radius 2 is 0.694 bits per heavy atom. The van der Waals surface area contributed by atoms with Gasteiger partial charge in [0.2, 0.25) is 0 Å². The molecule has 10 aromatic carbocycles. The highest BCUT2D eigenvalue weighted by Gasteiger charge is 2.17. The minimum Gasteiger partial charge on any atom is -0.456 e. The van der Waals surface area contributed by atoms with E-state index >= 15 is 0 Å². The van der Waals surface area contributed by atoms with Gasteiger partial charge >= 0.3 is 0 Å². The Bertz CT molecular complexity index is 3290. The second-order valence-electron chi connectivity index (χ2n) is 15.7. The summed E-state index contributed by atoms with van der Waals surface area (Å²) < 4.78 is 6.23. The van der Waals surface area contributed by atoms with Gasteiger partial charge in [-0.2, -0.15) is 0 Å². The van der Waals surface area contributed by atoms with Gasteiger partial charge in [-0.05, 0) is 121 Å². The van der Waals surface area contributed by atoms with E-state index in [0.29, 0.717) is 0 Å². The fourth-order valence-electron chi connectivity index (χ4n) is 8.84. The van der Waals surface area contributed by atoms with Crippen LogP contribution >= 0.6 is 0 Å². The average molecular weight is 792 g/mol. The van der Waals surface area contributed by atoms with Crippen molar-refractivity contribution in [1.82, 2.24) is 0 Å². The van der Waals surface area contributed by atoms with Gasteiger partial charge in [0.05, 0.1) is 0 Å². The molecular weight excluding hydrogens is 751 g/mol. The summed E-state index contributed by atoms with van der Waals surface area (Å²) in [6.07, 6.45) is 0. The fourth-order valence-corrected chi connectivity index (χ4v) is 8.84. The second-order valence-corrected chi connectivity index (χ2v) is 15.7. The third kappa shape index (κ3) is 7.04. The van der Waals surface area contributed by atoms with Gasteiger partial charge in [-0.3, -0.25) is 0 Å². The molecule has 0 aliphatic heterocycles.